The van der Waals surface area contributed by atoms with Gasteiger partial charge in [0.15, 0.2) is 0 Å². The van der Waals surface area contributed by atoms with Gasteiger partial charge in [0.05, 0.1) is 0 Å². The fraction of sp³-hybridized carbons (Fsp3) is 0.200. The molecule has 2 nitrogen and oxygen atoms in total. The zero-order valence-corrected chi connectivity index (χ0v) is 10.7. The zero-order valence-electron chi connectivity index (χ0n) is 10.7. The monoisotopic (exact) mass is 244 g/mol. The number of rotatable bonds is 3. The maximum Gasteiger partial charge on any atom is 0.123 e. The molecule has 0 amide bonds. The molecular weight excluding hydrogens is 227 g/mol. The Hall–Kier alpha value is -2.03. The average molecular weight is 244 g/mol. The van der Waals surface area contributed by atoms with Gasteiger partial charge < -0.3 is 10.6 Å². The van der Waals surface area contributed by atoms with Crippen LogP contribution in [0.5, 0.6) is 0 Å². The van der Waals surface area contributed by atoms with Crippen LogP contribution >= 0.6 is 0 Å². The fourth-order valence-electron chi connectivity index (χ4n) is 2.04. The van der Waals surface area contributed by atoms with Crippen molar-refractivity contribution in [3.05, 3.63) is 59.4 Å². The van der Waals surface area contributed by atoms with Crippen LogP contribution in [0.25, 0.3) is 0 Å². The molecule has 2 aromatic rings. The minimum atomic E-state index is -0.252. The van der Waals surface area contributed by atoms with Crippen molar-refractivity contribution in [1.29, 1.82) is 0 Å². The molecule has 0 bridgehead atoms. The molecule has 0 unspecified atom stereocenters. The fourth-order valence-corrected chi connectivity index (χ4v) is 2.04. The Bertz CT molecular complexity index is 552. The van der Waals surface area contributed by atoms with E-state index in [9.17, 15) is 4.39 Å². The summed E-state index contributed by atoms with van der Waals surface area (Å²) in [6, 6.07) is 12.6. The number of nitrogens with two attached hydrogens (primary N) is 1. The van der Waals surface area contributed by atoms with E-state index < -0.39 is 0 Å². The summed E-state index contributed by atoms with van der Waals surface area (Å²) in [5.74, 6) is -0.252. The second-order valence-electron chi connectivity index (χ2n) is 4.49. The van der Waals surface area contributed by atoms with Crippen LogP contribution in [0.15, 0.2) is 42.5 Å². The molecule has 0 aliphatic heterocycles. The summed E-state index contributed by atoms with van der Waals surface area (Å²) in [6.45, 7) is 2.65. The van der Waals surface area contributed by atoms with Crippen molar-refractivity contribution in [2.45, 2.75) is 13.5 Å². The first-order valence-corrected chi connectivity index (χ1v) is 5.88. The minimum absolute atomic E-state index is 0.252. The van der Waals surface area contributed by atoms with E-state index in [1.54, 1.807) is 6.07 Å². The van der Waals surface area contributed by atoms with E-state index in [-0.39, 0.29) is 5.82 Å². The Morgan fingerprint density at radius 2 is 1.89 bits per heavy atom. The van der Waals surface area contributed by atoms with Gasteiger partial charge in [-0.25, -0.2) is 4.39 Å². The molecule has 0 spiro atoms. The maximum atomic E-state index is 13.2. The average Bonchev–Trinajstić information content (AvgIpc) is 2.34. The van der Waals surface area contributed by atoms with Crippen LogP contribution in [0.3, 0.4) is 0 Å². The summed E-state index contributed by atoms with van der Waals surface area (Å²) in [6.07, 6.45) is 0. The van der Waals surface area contributed by atoms with Gasteiger partial charge in [0.2, 0.25) is 0 Å². The van der Waals surface area contributed by atoms with Crippen molar-refractivity contribution in [3.63, 3.8) is 0 Å². The van der Waals surface area contributed by atoms with Crippen molar-refractivity contribution < 1.29 is 4.39 Å². The van der Waals surface area contributed by atoms with Crippen molar-refractivity contribution in [1.82, 2.24) is 0 Å². The SMILES string of the molecule is Cc1ccccc1N(C)Cc1cc(F)ccc1N. The molecule has 94 valence electrons. The molecule has 0 aromatic heterocycles. The zero-order chi connectivity index (χ0) is 13.1. The van der Waals surface area contributed by atoms with Crippen molar-refractivity contribution >= 4 is 11.4 Å². The molecule has 0 radical (unpaired) electrons. The quantitative estimate of drug-likeness (QED) is 0.839. The lowest BCUT2D eigenvalue weighted by atomic mass is 10.1. The third kappa shape index (κ3) is 2.62. The predicted molar refractivity (Wildman–Crippen MR) is 74.1 cm³/mol. The summed E-state index contributed by atoms with van der Waals surface area (Å²) < 4.78 is 13.2. The number of nitrogens with zero attached hydrogens (tertiary/aromatic N) is 1. The van der Waals surface area contributed by atoms with Crippen LogP contribution < -0.4 is 10.6 Å². The first-order valence-electron chi connectivity index (χ1n) is 5.88. The Kier molecular flexibility index (Phi) is 3.51. The van der Waals surface area contributed by atoms with E-state index in [1.807, 2.05) is 25.2 Å². The number of hydrogen-bond donors (Lipinski definition) is 1. The molecule has 0 fully saturated rings. The second-order valence-corrected chi connectivity index (χ2v) is 4.49. The summed E-state index contributed by atoms with van der Waals surface area (Å²) in [7, 11) is 1.98. The molecule has 0 aliphatic carbocycles. The van der Waals surface area contributed by atoms with Crippen molar-refractivity contribution in [2.24, 2.45) is 0 Å². The van der Waals surface area contributed by atoms with Crippen LogP contribution in [-0.4, -0.2) is 7.05 Å². The molecule has 0 atom stereocenters. The van der Waals surface area contributed by atoms with E-state index in [0.29, 0.717) is 12.2 Å². The maximum absolute atomic E-state index is 13.2. The van der Waals surface area contributed by atoms with Crippen LogP contribution in [0.2, 0.25) is 0 Å². The van der Waals surface area contributed by atoms with E-state index in [2.05, 4.69) is 17.9 Å². The summed E-state index contributed by atoms with van der Waals surface area (Å²) in [5, 5.41) is 0. The van der Waals surface area contributed by atoms with Crippen LogP contribution in [0.4, 0.5) is 15.8 Å². The molecule has 2 rings (SSSR count). The Balaban J connectivity index is 2.24. The first-order chi connectivity index (χ1) is 8.58. The normalized spacial score (nSPS) is 10.4. The third-order valence-electron chi connectivity index (χ3n) is 3.04. The standard InChI is InChI=1S/C15H17FN2/c1-11-5-3-4-6-15(11)18(2)10-12-9-13(16)7-8-14(12)17/h3-9H,10,17H2,1-2H3. The van der Waals surface area contributed by atoms with Gasteiger partial charge in [-0.05, 0) is 42.3 Å². The van der Waals surface area contributed by atoms with E-state index >= 15 is 0 Å². The Morgan fingerprint density at radius 3 is 2.61 bits per heavy atom. The van der Waals surface area contributed by atoms with Gasteiger partial charge in [0.1, 0.15) is 5.82 Å². The largest absolute Gasteiger partial charge is 0.398 e. The molecule has 2 aromatic carbocycles. The molecule has 0 heterocycles. The predicted octanol–water partition coefficient (Wildman–Crippen LogP) is 3.35. The van der Waals surface area contributed by atoms with Crippen molar-refractivity contribution in [2.75, 3.05) is 17.7 Å². The van der Waals surface area contributed by atoms with Gasteiger partial charge in [0, 0.05) is 25.0 Å². The number of anilines is 2. The van der Waals surface area contributed by atoms with Gasteiger partial charge in [0.25, 0.3) is 0 Å². The highest BCUT2D eigenvalue weighted by Gasteiger charge is 2.07. The number of hydrogen-bond acceptors (Lipinski definition) is 2. The lowest BCUT2D eigenvalue weighted by molar-refractivity contribution is 0.625. The van der Waals surface area contributed by atoms with Gasteiger partial charge in [-0.3, -0.25) is 0 Å². The number of benzene rings is 2. The highest BCUT2D eigenvalue weighted by molar-refractivity contribution is 5.55. The molecule has 3 heteroatoms. The van der Waals surface area contributed by atoms with Crippen molar-refractivity contribution in [3.8, 4) is 0 Å². The number of halogens is 1. The topological polar surface area (TPSA) is 29.3 Å². The lowest BCUT2D eigenvalue weighted by Gasteiger charge is -2.22. The van der Waals surface area contributed by atoms with Gasteiger partial charge in [-0.15, -0.1) is 0 Å². The molecule has 0 saturated heterocycles. The number of aryl methyl sites for hydroxylation is 1. The molecule has 0 aliphatic rings. The lowest BCUT2D eigenvalue weighted by Crippen LogP contribution is -2.18. The second kappa shape index (κ2) is 5.08. The third-order valence-corrected chi connectivity index (χ3v) is 3.04. The first kappa shape index (κ1) is 12.4. The van der Waals surface area contributed by atoms with Gasteiger partial charge in [-0.2, -0.15) is 0 Å². The highest BCUT2D eigenvalue weighted by Crippen LogP contribution is 2.22. The number of para-hydroxylation sites is 1. The molecular formula is C15H17FN2. The summed E-state index contributed by atoms with van der Waals surface area (Å²) in [5.41, 5.74) is 9.60. The highest BCUT2D eigenvalue weighted by atomic mass is 19.1. The minimum Gasteiger partial charge on any atom is -0.398 e. The van der Waals surface area contributed by atoms with E-state index in [1.165, 1.54) is 17.7 Å². The van der Waals surface area contributed by atoms with Crippen LogP contribution in [-0.2, 0) is 6.54 Å². The Labute approximate surface area is 107 Å². The summed E-state index contributed by atoms with van der Waals surface area (Å²) in [4.78, 5) is 2.07. The number of nitrogen functional groups attached to an aromatic ring is 1. The van der Waals surface area contributed by atoms with Gasteiger partial charge in [-0.1, -0.05) is 18.2 Å². The van der Waals surface area contributed by atoms with E-state index in [0.717, 1.165) is 11.3 Å². The molecule has 2 N–H and O–H groups in total. The molecule has 18 heavy (non-hydrogen) atoms. The van der Waals surface area contributed by atoms with Crippen LogP contribution in [0, 0.1) is 12.7 Å². The van der Waals surface area contributed by atoms with E-state index in [4.69, 9.17) is 5.73 Å². The summed E-state index contributed by atoms with van der Waals surface area (Å²) >= 11 is 0. The van der Waals surface area contributed by atoms with Gasteiger partial charge >= 0.3 is 0 Å². The molecule has 0 saturated carbocycles. The van der Waals surface area contributed by atoms with Crippen LogP contribution in [0.1, 0.15) is 11.1 Å². The Morgan fingerprint density at radius 1 is 1.17 bits per heavy atom. The smallest absolute Gasteiger partial charge is 0.123 e.